The summed E-state index contributed by atoms with van der Waals surface area (Å²) in [5, 5.41) is 5.92. The number of hydrogen-bond donors (Lipinski definition) is 3. The van der Waals surface area contributed by atoms with Crippen LogP contribution in [-0.2, 0) is 22.4 Å². The summed E-state index contributed by atoms with van der Waals surface area (Å²) < 4.78 is 0. The molecule has 2 heterocycles. The molecule has 4 N–H and O–H groups in total. The predicted molar refractivity (Wildman–Crippen MR) is 111 cm³/mol. The molecule has 0 bridgehead atoms. The zero-order chi connectivity index (χ0) is 21.2. The molecule has 29 heavy (non-hydrogen) atoms. The van der Waals surface area contributed by atoms with Gasteiger partial charge in [0.1, 0.15) is 17.1 Å². The van der Waals surface area contributed by atoms with Crippen molar-refractivity contribution >= 4 is 40.1 Å². The third-order valence-corrected chi connectivity index (χ3v) is 6.78. The van der Waals surface area contributed by atoms with Crippen LogP contribution in [0.25, 0.3) is 0 Å². The van der Waals surface area contributed by atoms with Crippen LogP contribution in [-0.4, -0.2) is 40.7 Å². The lowest BCUT2D eigenvalue weighted by molar-refractivity contribution is -0.134. The van der Waals surface area contributed by atoms with Crippen LogP contribution < -0.4 is 16.4 Å². The van der Waals surface area contributed by atoms with Crippen LogP contribution in [0.15, 0.2) is 0 Å². The summed E-state index contributed by atoms with van der Waals surface area (Å²) in [4.78, 5) is 52.0. The van der Waals surface area contributed by atoms with Crippen LogP contribution >= 0.6 is 11.3 Å². The number of nitrogens with one attached hydrogen (secondary N) is 2. The number of rotatable bonds is 8. The van der Waals surface area contributed by atoms with Crippen molar-refractivity contribution in [1.29, 1.82) is 0 Å². The van der Waals surface area contributed by atoms with Gasteiger partial charge in [0, 0.05) is 4.88 Å². The molecule has 1 aliphatic carbocycles. The maximum absolute atomic E-state index is 12.9. The number of thiophene rings is 1. The van der Waals surface area contributed by atoms with E-state index in [0.717, 1.165) is 53.9 Å². The number of hydrogen-bond acceptors (Lipinski definition) is 5. The monoisotopic (exact) mass is 420 g/mol. The zero-order valence-electron chi connectivity index (χ0n) is 16.9. The first kappa shape index (κ1) is 21.3. The molecule has 0 aromatic carbocycles. The van der Waals surface area contributed by atoms with Crippen LogP contribution in [0, 0.1) is 0 Å². The summed E-state index contributed by atoms with van der Waals surface area (Å²) in [5.41, 5.74) is 5.91. The lowest BCUT2D eigenvalue weighted by Gasteiger charge is -2.25. The molecule has 5 amide bonds. The summed E-state index contributed by atoms with van der Waals surface area (Å²) in [5.74, 6) is -1.44. The first-order chi connectivity index (χ1) is 13.8. The highest BCUT2D eigenvalue weighted by Gasteiger charge is 2.50. The summed E-state index contributed by atoms with van der Waals surface area (Å²) in [6.45, 7) is 3.52. The van der Waals surface area contributed by atoms with E-state index >= 15 is 0 Å². The zero-order valence-corrected chi connectivity index (χ0v) is 17.7. The quantitative estimate of drug-likeness (QED) is 0.560. The van der Waals surface area contributed by atoms with E-state index in [9.17, 15) is 19.2 Å². The van der Waals surface area contributed by atoms with Gasteiger partial charge >= 0.3 is 6.03 Å². The third-order valence-electron chi connectivity index (χ3n) is 5.57. The highest BCUT2D eigenvalue weighted by Crippen LogP contribution is 2.38. The van der Waals surface area contributed by atoms with Gasteiger partial charge in [0.15, 0.2) is 0 Å². The molecule has 0 atom stereocenters. The van der Waals surface area contributed by atoms with Crippen molar-refractivity contribution in [3.63, 3.8) is 0 Å². The number of carbonyl (C=O) groups excluding carboxylic acids is 4. The Bertz CT molecular complexity index is 842. The molecule has 0 unspecified atom stereocenters. The highest BCUT2D eigenvalue weighted by molar-refractivity contribution is 7.17. The molecule has 9 heteroatoms. The summed E-state index contributed by atoms with van der Waals surface area (Å²) in [7, 11) is 0. The molecule has 1 aromatic rings. The van der Waals surface area contributed by atoms with Crippen molar-refractivity contribution in [2.24, 2.45) is 5.73 Å². The van der Waals surface area contributed by atoms with E-state index in [1.807, 2.05) is 13.8 Å². The Morgan fingerprint density at radius 3 is 2.45 bits per heavy atom. The van der Waals surface area contributed by atoms with E-state index in [2.05, 4.69) is 10.6 Å². The van der Waals surface area contributed by atoms with E-state index in [-0.39, 0.29) is 12.5 Å². The van der Waals surface area contributed by atoms with Crippen LogP contribution in [0.4, 0.5) is 9.80 Å². The number of primary amides is 1. The van der Waals surface area contributed by atoms with Crippen molar-refractivity contribution in [2.75, 3.05) is 11.9 Å². The van der Waals surface area contributed by atoms with Crippen LogP contribution in [0.1, 0.15) is 73.2 Å². The van der Waals surface area contributed by atoms with Gasteiger partial charge in [-0.15, -0.1) is 11.3 Å². The van der Waals surface area contributed by atoms with Gasteiger partial charge in [-0.1, -0.05) is 26.7 Å². The van der Waals surface area contributed by atoms with Crippen LogP contribution in [0.3, 0.4) is 0 Å². The molecular weight excluding hydrogens is 392 g/mol. The van der Waals surface area contributed by atoms with Crippen molar-refractivity contribution in [1.82, 2.24) is 10.2 Å². The van der Waals surface area contributed by atoms with E-state index in [1.54, 1.807) is 0 Å². The maximum Gasteiger partial charge on any atom is 0.325 e. The Morgan fingerprint density at radius 1 is 1.17 bits per heavy atom. The number of amides is 5. The largest absolute Gasteiger partial charge is 0.365 e. The molecule has 1 aromatic heterocycles. The van der Waals surface area contributed by atoms with Crippen LogP contribution in [0.5, 0.6) is 0 Å². The van der Waals surface area contributed by atoms with Gasteiger partial charge in [-0.25, -0.2) is 4.79 Å². The SMILES string of the molecule is CCCC1(CCC)NC(=O)N(CC(=O)Nc2sc3c(c2C(N)=O)CCCC3)C1=O. The third kappa shape index (κ3) is 4.01. The predicted octanol–water partition coefficient (Wildman–Crippen LogP) is 2.56. The Morgan fingerprint density at radius 2 is 1.83 bits per heavy atom. The first-order valence-corrected chi connectivity index (χ1v) is 11.0. The highest BCUT2D eigenvalue weighted by atomic mass is 32.1. The van der Waals surface area contributed by atoms with Gasteiger partial charge in [0.05, 0.1) is 5.56 Å². The minimum atomic E-state index is -0.929. The van der Waals surface area contributed by atoms with E-state index in [4.69, 9.17) is 5.73 Å². The fourth-order valence-corrected chi connectivity index (χ4v) is 5.67. The summed E-state index contributed by atoms with van der Waals surface area (Å²) in [6.07, 6.45) is 6.21. The lowest BCUT2D eigenvalue weighted by Crippen LogP contribution is -2.47. The molecule has 0 saturated carbocycles. The Balaban J connectivity index is 1.76. The van der Waals surface area contributed by atoms with E-state index in [1.165, 1.54) is 11.3 Å². The molecular formula is C20H28N4O4S. The van der Waals surface area contributed by atoms with Crippen molar-refractivity contribution < 1.29 is 19.2 Å². The molecule has 158 valence electrons. The van der Waals surface area contributed by atoms with E-state index in [0.29, 0.717) is 23.4 Å². The summed E-state index contributed by atoms with van der Waals surface area (Å²) >= 11 is 1.36. The van der Waals surface area contributed by atoms with Gasteiger partial charge in [0.2, 0.25) is 5.91 Å². The topological polar surface area (TPSA) is 122 Å². The number of nitrogens with zero attached hydrogens (tertiary/aromatic N) is 1. The second kappa shape index (κ2) is 8.52. The minimum absolute atomic E-state index is 0.359. The molecule has 1 fully saturated rings. The number of aryl methyl sites for hydroxylation is 1. The Kier molecular flexibility index (Phi) is 6.26. The maximum atomic E-state index is 12.9. The second-order valence-electron chi connectivity index (χ2n) is 7.73. The second-order valence-corrected chi connectivity index (χ2v) is 8.84. The Labute approximate surface area is 174 Å². The minimum Gasteiger partial charge on any atom is -0.365 e. The van der Waals surface area contributed by atoms with Crippen molar-refractivity contribution in [3.8, 4) is 0 Å². The van der Waals surface area contributed by atoms with Gasteiger partial charge in [-0.05, 0) is 44.1 Å². The Hall–Kier alpha value is -2.42. The fourth-order valence-electron chi connectivity index (χ4n) is 4.36. The average Bonchev–Trinajstić information content (AvgIpc) is 3.13. The summed E-state index contributed by atoms with van der Waals surface area (Å²) in [6, 6.07) is -0.548. The van der Waals surface area contributed by atoms with Gasteiger partial charge in [-0.3, -0.25) is 19.3 Å². The van der Waals surface area contributed by atoms with Crippen molar-refractivity contribution in [3.05, 3.63) is 16.0 Å². The number of anilines is 1. The van der Waals surface area contributed by atoms with Crippen LogP contribution in [0.2, 0.25) is 0 Å². The standard InChI is InChI=1S/C20H28N4O4S/c1-3-9-20(10-4-2)18(27)24(19(28)23-20)11-14(25)22-17-15(16(21)26)12-7-5-6-8-13(12)29-17/h3-11H2,1-2H3,(H2,21,26)(H,22,25)(H,23,28). The molecule has 8 nitrogen and oxygen atoms in total. The molecule has 1 aliphatic heterocycles. The molecule has 2 aliphatic rings. The smallest absolute Gasteiger partial charge is 0.325 e. The van der Waals surface area contributed by atoms with E-state index < -0.39 is 23.4 Å². The molecule has 0 spiro atoms. The van der Waals surface area contributed by atoms with Gasteiger partial charge in [0.25, 0.3) is 11.8 Å². The molecule has 0 radical (unpaired) electrons. The number of nitrogens with two attached hydrogens (primary N) is 1. The van der Waals surface area contributed by atoms with Gasteiger partial charge in [-0.2, -0.15) is 0 Å². The number of imide groups is 1. The number of fused-ring (bicyclic) bond motifs is 1. The number of urea groups is 1. The number of carbonyl (C=O) groups is 4. The van der Waals surface area contributed by atoms with Gasteiger partial charge < -0.3 is 16.4 Å². The molecule has 3 rings (SSSR count). The lowest BCUT2D eigenvalue weighted by atomic mass is 9.88. The average molecular weight is 421 g/mol. The fraction of sp³-hybridized carbons (Fsp3) is 0.600. The van der Waals surface area contributed by atoms with Crippen molar-refractivity contribution in [2.45, 2.75) is 70.8 Å². The molecule has 1 saturated heterocycles. The normalized spacial score (nSPS) is 17.8. The first-order valence-electron chi connectivity index (χ1n) is 10.2.